The maximum absolute atomic E-state index is 5.29. The number of thiocarbonyl (C=S) groups is 1. The molecule has 18 heavy (non-hydrogen) atoms. The Labute approximate surface area is 116 Å². The van der Waals surface area contributed by atoms with Gasteiger partial charge in [0.1, 0.15) is 0 Å². The SMILES string of the molecule is CCCC[C@@H](CC)CNC(=S)Nc1ccccc1. The molecular formula is C15H24N2S. The molecule has 0 saturated heterocycles. The number of anilines is 1. The van der Waals surface area contributed by atoms with Crippen LogP contribution in [0.5, 0.6) is 0 Å². The summed E-state index contributed by atoms with van der Waals surface area (Å²) in [6.45, 7) is 5.45. The van der Waals surface area contributed by atoms with Gasteiger partial charge in [-0.15, -0.1) is 0 Å². The molecule has 1 rings (SSSR count). The second kappa shape index (κ2) is 8.92. The maximum atomic E-state index is 5.29. The number of nitrogens with one attached hydrogen (secondary N) is 2. The van der Waals surface area contributed by atoms with Gasteiger partial charge in [-0.05, 0) is 36.7 Å². The van der Waals surface area contributed by atoms with Gasteiger partial charge in [-0.3, -0.25) is 0 Å². The highest BCUT2D eigenvalue weighted by molar-refractivity contribution is 7.80. The van der Waals surface area contributed by atoms with E-state index in [9.17, 15) is 0 Å². The summed E-state index contributed by atoms with van der Waals surface area (Å²) in [4.78, 5) is 0. The molecule has 2 nitrogen and oxygen atoms in total. The van der Waals surface area contributed by atoms with E-state index in [1.165, 1.54) is 25.7 Å². The van der Waals surface area contributed by atoms with E-state index >= 15 is 0 Å². The van der Waals surface area contributed by atoms with Crippen LogP contribution >= 0.6 is 12.2 Å². The Morgan fingerprint density at radius 1 is 1.22 bits per heavy atom. The van der Waals surface area contributed by atoms with Crippen LogP contribution in [0.1, 0.15) is 39.5 Å². The van der Waals surface area contributed by atoms with Gasteiger partial charge in [-0.1, -0.05) is 51.3 Å². The number of rotatable bonds is 7. The van der Waals surface area contributed by atoms with E-state index in [1.54, 1.807) is 0 Å². The highest BCUT2D eigenvalue weighted by Crippen LogP contribution is 2.11. The van der Waals surface area contributed by atoms with E-state index in [1.807, 2.05) is 30.3 Å². The zero-order chi connectivity index (χ0) is 13.2. The minimum atomic E-state index is 0.719. The summed E-state index contributed by atoms with van der Waals surface area (Å²) in [5.74, 6) is 0.723. The molecule has 0 radical (unpaired) electrons. The average molecular weight is 264 g/mol. The van der Waals surface area contributed by atoms with Crippen LogP contribution in [-0.2, 0) is 0 Å². The van der Waals surface area contributed by atoms with Gasteiger partial charge in [0.25, 0.3) is 0 Å². The molecule has 1 aromatic carbocycles. The molecule has 0 aliphatic heterocycles. The molecule has 0 spiro atoms. The van der Waals surface area contributed by atoms with E-state index < -0.39 is 0 Å². The van der Waals surface area contributed by atoms with Crippen LogP contribution in [0.2, 0.25) is 0 Å². The van der Waals surface area contributed by atoms with Gasteiger partial charge in [0.2, 0.25) is 0 Å². The molecule has 1 atom stereocenters. The van der Waals surface area contributed by atoms with Crippen LogP contribution in [0.25, 0.3) is 0 Å². The van der Waals surface area contributed by atoms with Crippen molar-refractivity contribution in [2.75, 3.05) is 11.9 Å². The van der Waals surface area contributed by atoms with Gasteiger partial charge in [0.05, 0.1) is 0 Å². The quantitative estimate of drug-likeness (QED) is 0.722. The molecule has 0 heterocycles. The lowest BCUT2D eigenvalue weighted by Gasteiger charge is -2.17. The first-order valence-corrected chi connectivity index (χ1v) is 7.27. The summed E-state index contributed by atoms with van der Waals surface area (Å²) < 4.78 is 0. The van der Waals surface area contributed by atoms with E-state index in [2.05, 4.69) is 24.5 Å². The minimum Gasteiger partial charge on any atom is -0.362 e. The van der Waals surface area contributed by atoms with Crippen LogP contribution in [-0.4, -0.2) is 11.7 Å². The fourth-order valence-electron chi connectivity index (χ4n) is 1.88. The van der Waals surface area contributed by atoms with Crippen molar-refractivity contribution in [3.05, 3.63) is 30.3 Å². The van der Waals surface area contributed by atoms with Gasteiger partial charge >= 0.3 is 0 Å². The summed E-state index contributed by atoms with van der Waals surface area (Å²) in [5.41, 5.74) is 1.04. The number of hydrogen-bond acceptors (Lipinski definition) is 1. The third kappa shape index (κ3) is 6.01. The predicted octanol–water partition coefficient (Wildman–Crippen LogP) is 4.19. The zero-order valence-corrected chi connectivity index (χ0v) is 12.2. The number of hydrogen-bond donors (Lipinski definition) is 2. The number of benzene rings is 1. The second-order valence-corrected chi connectivity index (χ2v) is 5.03. The summed E-state index contributed by atoms with van der Waals surface area (Å²) in [6.07, 6.45) is 5.07. The smallest absolute Gasteiger partial charge is 0.170 e. The zero-order valence-electron chi connectivity index (χ0n) is 11.4. The Kier molecular flexibility index (Phi) is 7.42. The lowest BCUT2D eigenvalue weighted by atomic mass is 9.99. The Morgan fingerprint density at radius 2 is 1.94 bits per heavy atom. The average Bonchev–Trinajstić information content (AvgIpc) is 2.40. The number of unbranched alkanes of at least 4 members (excludes halogenated alkanes) is 1. The first-order valence-electron chi connectivity index (χ1n) is 6.86. The molecule has 0 aliphatic rings. The third-order valence-electron chi connectivity index (χ3n) is 3.13. The monoisotopic (exact) mass is 264 g/mol. The van der Waals surface area contributed by atoms with Crippen molar-refractivity contribution in [1.82, 2.24) is 5.32 Å². The number of para-hydroxylation sites is 1. The van der Waals surface area contributed by atoms with Crippen LogP contribution in [0.3, 0.4) is 0 Å². The topological polar surface area (TPSA) is 24.1 Å². The summed E-state index contributed by atoms with van der Waals surface area (Å²) >= 11 is 5.29. The van der Waals surface area contributed by atoms with Gasteiger partial charge < -0.3 is 10.6 Å². The van der Waals surface area contributed by atoms with Crippen molar-refractivity contribution in [3.63, 3.8) is 0 Å². The van der Waals surface area contributed by atoms with E-state index in [-0.39, 0.29) is 0 Å². The molecule has 3 heteroatoms. The first kappa shape index (κ1) is 15.0. The van der Waals surface area contributed by atoms with Crippen LogP contribution in [0.15, 0.2) is 30.3 Å². The van der Waals surface area contributed by atoms with Gasteiger partial charge in [0.15, 0.2) is 5.11 Å². The predicted molar refractivity (Wildman–Crippen MR) is 84.0 cm³/mol. The molecule has 0 aromatic heterocycles. The summed E-state index contributed by atoms with van der Waals surface area (Å²) in [5, 5.41) is 7.23. The molecular weight excluding hydrogens is 240 g/mol. The van der Waals surface area contributed by atoms with Gasteiger partial charge in [-0.2, -0.15) is 0 Å². The highest BCUT2D eigenvalue weighted by atomic mass is 32.1. The second-order valence-electron chi connectivity index (χ2n) is 4.62. The molecule has 100 valence electrons. The van der Waals surface area contributed by atoms with Crippen molar-refractivity contribution < 1.29 is 0 Å². The van der Waals surface area contributed by atoms with Crippen molar-refractivity contribution in [2.24, 2.45) is 5.92 Å². The molecule has 1 aromatic rings. The fourth-order valence-corrected chi connectivity index (χ4v) is 2.08. The van der Waals surface area contributed by atoms with Crippen LogP contribution in [0, 0.1) is 5.92 Å². The minimum absolute atomic E-state index is 0.719. The van der Waals surface area contributed by atoms with Gasteiger partial charge in [-0.25, -0.2) is 0 Å². The third-order valence-corrected chi connectivity index (χ3v) is 3.37. The lowest BCUT2D eigenvalue weighted by Crippen LogP contribution is -2.32. The Balaban J connectivity index is 2.27. The Morgan fingerprint density at radius 3 is 2.56 bits per heavy atom. The van der Waals surface area contributed by atoms with Crippen molar-refractivity contribution in [1.29, 1.82) is 0 Å². The largest absolute Gasteiger partial charge is 0.362 e. The maximum Gasteiger partial charge on any atom is 0.170 e. The van der Waals surface area contributed by atoms with Crippen molar-refractivity contribution in [2.45, 2.75) is 39.5 Å². The van der Waals surface area contributed by atoms with E-state index in [4.69, 9.17) is 12.2 Å². The molecule has 2 N–H and O–H groups in total. The lowest BCUT2D eigenvalue weighted by molar-refractivity contribution is 0.446. The normalized spacial score (nSPS) is 11.9. The fraction of sp³-hybridized carbons (Fsp3) is 0.533. The van der Waals surface area contributed by atoms with Gasteiger partial charge in [0, 0.05) is 12.2 Å². The molecule has 0 fully saturated rings. The summed E-state index contributed by atoms with van der Waals surface area (Å²) in [6, 6.07) is 10.0. The molecule has 0 bridgehead atoms. The molecule has 0 unspecified atom stereocenters. The van der Waals surface area contributed by atoms with Crippen LogP contribution < -0.4 is 10.6 Å². The first-order chi connectivity index (χ1) is 8.76. The van der Waals surface area contributed by atoms with E-state index in [0.717, 1.165) is 23.3 Å². The molecule has 0 aliphatic carbocycles. The Bertz CT molecular complexity index is 338. The van der Waals surface area contributed by atoms with Crippen molar-refractivity contribution >= 4 is 23.0 Å². The highest BCUT2D eigenvalue weighted by Gasteiger charge is 2.06. The molecule has 0 amide bonds. The molecule has 0 saturated carbocycles. The van der Waals surface area contributed by atoms with Crippen molar-refractivity contribution in [3.8, 4) is 0 Å². The van der Waals surface area contributed by atoms with E-state index in [0.29, 0.717) is 0 Å². The summed E-state index contributed by atoms with van der Waals surface area (Å²) in [7, 11) is 0. The Hall–Kier alpha value is -1.09. The van der Waals surface area contributed by atoms with Crippen LogP contribution in [0.4, 0.5) is 5.69 Å². The standard InChI is InChI=1S/C15H24N2S/c1-3-5-9-13(4-2)12-16-15(18)17-14-10-7-6-8-11-14/h6-8,10-11,13H,3-5,9,12H2,1-2H3,(H2,16,17,18)/t13-/m1/s1.